The Kier molecular flexibility index (Phi) is 4.31. The molecule has 1 nitrogen and oxygen atoms in total. The van der Waals surface area contributed by atoms with Crippen molar-refractivity contribution in [2.24, 2.45) is 0 Å². The fraction of sp³-hybridized carbons (Fsp3) is 0.200. The van der Waals surface area contributed by atoms with E-state index in [1.807, 2.05) is 18.2 Å². The van der Waals surface area contributed by atoms with E-state index in [4.69, 9.17) is 11.6 Å². The predicted molar refractivity (Wildman–Crippen MR) is 82.4 cm³/mol. The number of hydrogen-bond acceptors (Lipinski definition) is 1. The maximum Gasteiger partial charge on any atom is 0.0412 e. The Morgan fingerprint density at radius 1 is 1.06 bits per heavy atom. The number of anilines is 1. The SMILES string of the molecule is Cc1cc(C)cc(NCc2cc(Cl)ccc2Br)c1. The average Bonchev–Trinajstić information content (AvgIpc) is 2.29. The molecule has 0 aliphatic heterocycles. The van der Waals surface area contributed by atoms with Gasteiger partial charge in [-0.25, -0.2) is 0 Å². The van der Waals surface area contributed by atoms with Crippen LogP contribution in [0.15, 0.2) is 40.9 Å². The maximum absolute atomic E-state index is 6.00. The Balaban J connectivity index is 2.13. The minimum Gasteiger partial charge on any atom is -0.381 e. The van der Waals surface area contributed by atoms with Crippen LogP contribution in [0.5, 0.6) is 0 Å². The van der Waals surface area contributed by atoms with Gasteiger partial charge in [-0.3, -0.25) is 0 Å². The van der Waals surface area contributed by atoms with Crippen LogP contribution >= 0.6 is 27.5 Å². The quantitative estimate of drug-likeness (QED) is 0.804. The normalized spacial score (nSPS) is 10.4. The number of nitrogens with one attached hydrogen (secondary N) is 1. The van der Waals surface area contributed by atoms with E-state index < -0.39 is 0 Å². The molecule has 2 aromatic carbocycles. The van der Waals surface area contributed by atoms with E-state index in [2.05, 4.69) is 53.3 Å². The molecule has 0 fully saturated rings. The molecule has 18 heavy (non-hydrogen) atoms. The van der Waals surface area contributed by atoms with Gasteiger partial charge >= 0.3 is 0 Å². The van der Waals surface area contributed by atoms with Crippen LogP contribution in [0.25, 0.3) is 0 Å². The lowest BCUT2D eigenvalue weighted by Gasteiger charge is -2.10. The Hall–Kier alpha value is -0.990. The minimum absolute atomic E-state index is 0.754. The molecular weight excluding hydrogens is 310 g/mol. The van der Waals surface area contributed by atoms with Gasteiger partial charge in [0.1, 0.15) is 0 Å². The number of hydrogen-bond donors (Lipinski definition) is 1. The molecule has 2 rings (SSSR count). The van der Waals surface area contributed by atoms with Crippen LogP contribution in [0.3, 0.4) is 0 Å². The summed E-state index contributed by atoms with van der Waals surface area (Å²) in [6.07, 6.45) is 0. The van der Waals surface area contributed by atoms with E-state index >= 15 is 0 Å². The highest BCUT2D eigenvalue weighted by molar-refractivity contribution is 9.10. The summed E-state index contributed by atoms with van der Waals surface area (Å²) in [6.45, 7) is 4.96. The summed E-state index contributed by atoms with van der Waals surface area (Å²) in [6, 6.07) is 12.3. The van der Waals surface area contributed by atoms with Gasteiger partial charge in [0.15, 0.2) is 0 Å². The summed E-state index contributed by atoms with van der Waals surface area (Å²) in [4.78, 5) is 0. The van der Waals surface area contributed by atoms with Crippen LogP contribution in [0.2, 0.25) is 5.02 Å². The molecule has 94 valence electrons. The van der Waals surface area contributed by atoms with E-state index in [1.165, 1.54) is 11.1 Å². The van der Waals surface area contributed by atoms with Crippen LogP contribution in [-0.2, 0) is 6.54 Å². The van der Waals surface area contributed by atoms with Crippen molar-refractivity contribution in [2.75, 3.05) is 5.32 Å². The first-order valence-corrected chi connectivity index (χ1v) is 6.98. The fourth-order valence-corrected chi connectivity index (χ4v) is 2.53. The molecular formula is C15H15BrClN. The lowest BCUT2D eigenvalue weighted by molar-refractivity contribution is 1.13. The molecule has 0 aliphatic rings. The minimum atomic E-state index is 0.754. The van der Waals surface area contributed by atoms with Crippen molar-refractivity contribution in [3.05, 3.63) is 62.6 Å². The van der Waals surface area contributed by atoms with Crippen LogP contribution in [0.4, 0.5) is 5.69 Å². The summed E-state index contributed by atoms with van der Waals surface area (Å²) in [7, 11) is 0. The topological polar surface area (TPSA) is 12.0 Å². The number of aryl methyl sites for hydroxylation is 2. The van der Waals surface area contributed by atoms with E-state index in [0.717, 1.165) is 27.3 Å². The summed E-state index contributed by atoms with van der Waals surface area (Å²) in [5, 5.41) is 4.18. The smallest absolute Gasteiger partial charge is 0.0412 e. The Labute approximate surface area is 121 Å². The van der Waals surface area contributed by atoms with Crippen molar-refractivity contribution in [3.63, 3.8) is 0 Å². The fourth-order valence-electron chi connectivity index (χ4n) is 1.95. The highest BCUT2D eigenvalue weighted by Crippen LogP contribution is 2.22. The predicted octanol–water partition coefficient (Wildman–Crippen LogP) is 5.33. The van der Waals surface area contributed by atoms with Crippen molar-refractivity contribution < 1.29 is 0 Å². The van der Waals surface area contributed by atoms with Crippen LogP contribution < -0.4 is 5.32 Å². The lowest BCUT2D eigenvalue weighted by Crippen LogP contribution is -2.00. The second-order valence-electron chi connectivity index (χ2n) is 4.47. The zero-order chi connectivity index (χ0) is 13.1. The van der Waals surface area contributed by atoms with Gasteiger partial charge in [-0.05, 0) is 60.9 Å². The average molecular weight is 325 g/mol. The maximum atomic E-state index is 6.00. The summed E-state index contributed by atoms with van der Waals surface area (Å²) >= 11 is 9.53. The van der Waals surface area contributed by atoms with Gasteiger partial charge < -0.3 is 5.32 Å². The van der Waals surface area contributed by atoms with E-state index in [9.17, 15) is 0 Å². The van der Waals surface area contributed by atoms with Crippen LogP contribution in [0, 0.1) is 13.8 Å². The van der Waals surface area contributed by atoms with E-state index in [-0.39, 0.29) is 0 Å². The third-order valence-corrected chi connectivity index (χ3v) is 3.72. The highest BCUT2D eigenvalue weighted by atomic mass is 79.9. The molecule has 2 aromatic rings. The molecule has 0 atom stereocenters. The second-order valence-corrected chi connectivity index (χ2v) is 5.76. The number of benzene rings is 2. The summed E-state index contributed by atoms with van der Waals surface area (Å²) < 4.78 is 1.07. The van der Waals surface area contributed by atoms with Gasteiger partial charge in [0, 0.05) is 21.7 Å². The standard InChI is InChI=1S/C15H15BrClN/c1-10-5-11(2)7-14(6-10)18-9-12-8-13(17)3-4-15(12)16/h3-8,18H,9H2,1-2H3. The zero-order valence-electron chi connectivity index (χ0n) is 10.4. The van der Waals surface area contributed by atoms with Gasteiger partial charge in [-0.15, -0.1) is 0 Å². The lowest BCUT2D eigenvalue weighted by atomic mass is 10.1. The Morgan fingerprint density at radius 2 is 1.72 bits per heavy atom. The number of halogens is 2. The molecule has 0 spiro atoms. The van der Waals surface area contributed by atoms with Crippen LogP contribution in [-0.4, -0.2) is 0 Å². The van der Waals surface area contributed by atoms with Gasteiger partial charge in [-0.1, -0.05) is 33.6 Å². The van der Waals surface area contributed by atoms with Gasteiger partial charge in [0.05, 0.1) is 0 Å². The molecule has 0 aliphatic carbocycles. The molecule has 0 heterocycles. The van der Waals surface area contributed by atoms with Crippen molar-refractivity contribution in [2.45, 2.75) is 20.4 Å². The summed E-state index contributed by atoms with van der Waals surface area (Å²) in [5.41, 5.74) is 4.83. The molecule has 1 N–H and O–H groups in total. The van der Waals surface area contributed by atoms with Crippen molar-refractivity contribution in [1.82, 2.24) is 0 Å². The first-order valence-electron chi connectivity index (χ1n) is 5.81. The monoisotopic (exact) mass is 323 g/mol. The second kappa shape index (κ2) is 5.77. The zero-order valence-corrected chi connectivity index (χ0v) is 12.8. The third-order valence-electron chi connectivity index (χ3n) is 2.71. The molecule has 0 unspecified atom stereocenters. The van der Waals surface area contributed by atoms with E-state index in [1.54, 1.807) is 0 Å². The summed E-state index contributed by atoms with van der Waals surface area (Å²) in [5.74, 6) is 0. The Bertz CT molecular complexity index is 546. The van der Waals surface area contributed by atoms with Crippen LogP contribution in [0.1, 0.15) is 16.7 Å². The van der Waals surface area contributed by atoms with E-state index in [0.29, 0.717) is 0 Å². The molecule has 0 radical (unpaired) electrons. The Morgan fingerprint density at radius 3 is 2.39 bits per heavy atom. The van der Waals surface area contributed by atoms with Crippen molar-refractivity contribution in [1.29, 1.82) is 0 Å². The first-order chi connectivity index (χ1) is 8.54. The molecule has 3 heteroatoms. The number of rotatable bonds is 3. The largest absolute Gasteiger partial charge is 0.381 e. The third kappa shape index (κ3) is 3.50. The van der Waals surface area contributed by atoms with Crippen molar-refractivity contribution >= 4 is 33.2 Å². The van der Waals surface area contributed by atoms with Gasteiger partial charge in [-0.2, -0.15) is 0 Å². The van der Waals surface area contributed by atoms with Gasteiger partial charge in [0.2, 0.25) is 0 Å². The molecule has 0 saturated carbocycles. The molecule has 0 amide bonds. The molecule has 0 bridgehead atoms. The van der Waals surface area contributed by atoms with Crippen molar-refractivity contribution in [3.8, 4) is 0 Å². The molecule has 0 saturated heterocycles. The first kappa shape index (κ1) is 13.4. The molecule has 0 aromatic heterocycles. The van der Waals surface area contributed by atoms with Gasteiger partial charge in [0.25, 0.3) is 0 Å². The highest BCUT2D eigenvalue weighted by Gasteiger charge is 2.01.